The van der Waals surface area contributed by atoms with Gasteiger partial charge in [0, 0.05) is 24.8 Å². The van der Waals surface area contributed by atoms with Gasteiger partial charge in [-0.1, -0.05) is 12.8 Å². The summed E-state index contributed by atoms with van der Waals surface area (Å²) in [6.45, 7) is 1.08. The first-order chi connectivity index (χ1) is 10.8. The van der Waals surface area contributed by atoms with Gasteiger partial charge in [-0.15, -0.1) is 0 Å². The second kappa shape index (κ2) is 7.21. The van der Waals surface area contributed by atoms with Crippen molar-refractivity contribution in [2.45, 2.75) is 31.9 Å². The van der Waals surface area contributed by atoms with Crippen molar-refractivity contribution in [2.24, 2.45) is 5.41 Å². The van der Waals surface area contributed by atoms with Gasteiger partial charge in [0.1, 0.15) is 0 Å². The summed E-state index contributed by atoms with van der Waals surface area (Å²) in [4.78, 5) is 11.9. The average molecular weight is 330 g/mol. The Labute approximate surface area is 133 Å². The number of amides is 2. The molecular formula is C16H21F3N2O2. The lowest BCUT2D eigenvalue weighted by Gasteiger charge is -2.28. The molecule has 1 aromatic rings. The fraction of sp³-hybridized carbons (Fsp3) is 0.562. The van der Waals surface area contributed by atoms with Gasteiger partial charge in [0.2, 0.25) is 0 Å². The summed E-state index contributed by atoms with van der Waals surface area (Å²) in [6.07, 6.45) is -0.143. The van der Waals surface area contributed by atoms with Crippen LogP contribution in [0.4, 0.5) is 23.7 Å². The predicted octanol–water partition coefficient (Wildman–Crippen LogP) is 4.03. The van der Waals surface area contributed by atoms with Crippen LogP contribution in [-0.2, 0) is 10.9 Å². The van der Waals surface area contributed by atoms with Gasteiger partial charge in [0.05, 0.1) is 12.2 Å². The highest BCUT2D eigenvalue weighted by molar-refractivity contribution is 5.89. The van der Waals surface area contributed by atoms with Gasteiger partial charge >= 0.3 is 12.2 Å². The summed E-state index contributed by atoms with van der Waals surface area (Å²) in [6, 6.07) is 3.94. The van der Waals surface area contributed by atoms with E-state index in [1.54, 1.807) is 7.11 Å². The van der Waals surface area contributed by atoms with E-state index < -0.39 is 17.8 Å². The summed E-state index contributed by atoms with van der Waals surface area (Å²) < 4.78 is 42.7. The second-order valence-electron chi connectivity index (χ2n) is 6.02. The molecule has 1 aliphatic carbocycles. The molecule has 0 saturated heterocycles. The van der Waals surface area contributed by atoms with Gasteiger partial charge in [-0.3, -0.25) is 0 Å². The van der Waals surface area contributed by atoms with E-state index in [1.807, 2.05) is 0 Å². The van der Waals surface area contributed by atoms with E-state index >= 15 is 0 Å². The maximum atomic E-state index is 12.5. The van der Waals surface area contributed by atoms with Crippen molar-refractivity contribution < 1.29 is 22.7 Å². The highest BCUT2D eigenvalue weighted by atomic mass is 19.4. The van der Waals surface area contributed by atoms with Crippen LogP contribution in [-0.4, -0.2) is 26.3 Å². The maximum Gasteiger partial charge on any atom is 0.416 e. The topological polar surface area (TPSA) is 50.4 Å². The van der Waals surface area contributed by atoms with Crippen LogP contribution >= 0.6 is 0 Å². The first-order valence-electron chi connectivity index (χ1n) is 7.56. The van der Waals surface area contributed by atoms with E-state index in [9.17, 15) is 18.0 Å². The van der Waals surface area contributed by atoms with Crippen LogP contribution in [0.3, 0.4) is 0 Å². The Morgan fingerprint density at radius 2 is 1.83 bits per heavy atom. The Morgan fingerprint density at radius 3 is 2.35 bits per heavy atom. The van der Waals surface area contributed by atoms with Crippen LogP contribution < -0.4 is 10.6 Å². The lowest BCUT2D eigenvalue weighted by Crippen LogP contribution is -2.40. The molecule has 4 nitrogen and oxygen atoms in total. The molecule has 0 bridgehead atoms. The zero-order valence-electron chi connectivity index (χ0n) is 13.0. The molecule has 7 heteroatoms. The fourth-order valence-electron chi connectivity index (χ4n) is 2.99. The minimum Gasteiger partial charge on any atom is -0.384 e. The van der Waals surface area contributed by atoms with Gasteiger partial charge in [0.25, 0.3) is 0 Å². The van der Waals surface area contributed by atoms with Crippen molar-refractivity contribution in [1.29, 1.82) is 0 Å². The van der Waals surface area contributed by atoms with Crippen molar-refractivity contribution in [1.82, 2.24) is 5.32 Å². The number of halogens is 3. The normalized spacial score (nSPS) is 17.0. The number of urea groups is 1. The van der Waals surface area contributed by atoms with Crippen LogP contribution in [0.15, 0.2) is 24.3 Å². The van der Waals surface area contributed by atoms with Crippen LogP contribution in [0, 0.1) is 5.41 Å². The molecule has 0 radical (unpaired) electrons. The summed E-state index contributed by atoms with van der Waals surface area (Å²) in [5.41, 5.74) is -0.456. The van der Waals surface area contributed by atoms with E-state index in [4.69, 9.17) is 4.74 Å². The largest absolute Gasteiger partial charge is 0.416 e. The van der Waals surface area contributed by atoms with Crippen molar-refractivity contribution in [3.05, 3.63) is 29.8 Å². The molecule has 2 amide bonds. The lowest BCUT2D eigenvalue weighted by atomic mass is 9.87. The number of anilines is 1. The van der Waals surface area contributed by atoms with Crippen LogP contribution in [0.5, 0.6) is 0 Å². The summed E-state index contributed by atoms with van der Waals surface area (Å²) in [5, 5.41) is 5.34. The maximum absolute atomic E-state index is 12.5. The van der Waals surface area contributed by atoms with Crippen molar-refractivity contribution in [3.63, 3.8) is 0 Å². The standard InChI is InChI=1S/C16H21F3N2O2/c1-23-11-15(8-2-3-9-15)10-20-14(22)21-13-6-4-12(5-7-13)16(17,18)19/h4-7H,2-3,8-11H2,1H3,(H2,20,21,22). The van der Waals surface area contributed by atoms with Crippen molar-refractivity contribution in [2.75, 3.05) is 25.6 Å². The Balaban J connectivity index is 1.87. The Morgan fingerprint density at radius 1 is 1.22 bits per heavy atom. The van der Waals surface area contributed by atoms with Gasteiger partial charge in [-0.05, 0) is 37.1 Å². The quantitative estimate of drug-likeness (QED) is 0.856. The van der Waals surface area contributed by atoms with E-state index in [1.165, 1.54) is 12.1 Å². The number of hydrogen-bond donors (Lipinski definition) is 2. The van der Waals surface area contributed by atoms with Gasteiger partial charge < -0.3 is 15.4 Å². The van der Waals surface area contributed by atoms with Crippen LogP contribution in [0.1, 0.15) is 31.2 Å². The highest BCUT2D eigenvalue weighted by Gasteiger charge is 2.34. The predicted molar refractivity (Wildman–Crippen MR) is 81.2 cm³/mol. The third-order valence-corrected chi connectivity index (χ3v) is 4.21. The number of carbonyl (C=O) groups excluding carboxylic acids is 1. The first kappa shape index (κ1) is 17.6. The molecule has 2 rings (SSSR count). The highest BCUT2D eigenvalue weighted by Crippen LogP contribution is 2.37. The molecular weight excluding hydrogens is 309 g/mol. The van der Waals surface area contributed by atoms with Gasteiger partial charge in [-0.25, -0.2) is 4.79 Å². The Bertz CT molecular complexity index is 523. The molecule has 0 atom stereocenters. The number of nitrogens with one attached hydrogen (secondary N) is 2. The summed E-state index contributed by atoms with van der Waals surface area (Å²) in [7, 11) is 1.64. The Hall–Kier alpha value is -1.76. The smallest absolute Gasteiger partial charge is 0.384 e. The molecule has 0 spiro atoms. The molecule has 0 aliphatic heterocycles. The molecule has 0 heterocycles. The molecule has 23 heavy (non-hydrogen) atoms. The van der Waals surface area contributed by atoms with Gasteiger partial charge in [0.15, 0.2) is 0 Å². The minimum atomic E-state index is -4.38. The zero-order chi connectivity index (χ0) is 16.9. The molecule has 1 saturated carbocycles. The molecule has 0 aromatic heterocycles. The molecule has 2 N–H and O–H groups in total. The molecule has 1 aliphatic rings. The zero-order valence-corrected chi connectivity index (χ0v) is 13.0. The molecule has 1 aromatic carbocycles. The lowest BCUT2D eigenvalue weighted by molar-refractivity contribution is -0.137. The Kier molecular flexibility index (Phi) is 5.51. The molecule has 0 unspecified atom stereocenters. The number of hydrogen-bond acceptors (Lipinski definition) is 2. The fourth-order valence-corrected chi connectivity index (χ4v) is 2.99. The van der Waals surface area contributed by atoms with Crippen molar-refractivity contribution in [3.8, 4) is 0 Å². The third kappa shape index (κ3) is 4.86. The van der Waals surface area contributed by atoms with E-state index in [0.717, 1.165) is 37.8 Å². The third-order valence-electron chi connectivity index (χ3n) is 4.21. The number of rotatable bonds is 5. The summed E-state index contributed by atoms with van der Waals surface area (Å²) in [5.74, 6) is 0. The van der Waals surface area contributed by atoms with Crippen LogP contribution in [0.25, 0.3) is 0 Å². The average Bonchev–Trinajstić information content (AvgIpc) is 2.94. The summed E-state index contributed by atoms with van der Waals surface area (Å²) >= 11 is 0. The first-order valence-corrected chi connectivity index (χ1v) is 7.56. The van der Waals surface area contributed by atoms with E-state index in [0.29, 0.717) is 18.8 Å². The number of ether oxygens (including phenoxy) is 1. The monoisotopic (exact) mass is 330 g/mol. The number of carbonyl (C=O) groups is 1. The SMILES string of the molecule is COCC1(CNC(=O)Nc2ccc(C(F)(F)F)cc2)CCCC1. The molecule has 1 fully saturated rings. The number of methoxy groups -OCH3 is 1. The number of alkyl halides is 3. The minimum absolute atomic E-state index is 0.0355. The van der Waals surface area contributed by atoms with Crippen LogP contribution in [0.2, 0.25) is 0 Å². The second-order valence-corrected chi connectivity index (χ2v) is 6.02. The van der Waals surface area contributed by atoms with E-state index in [-0.39, 0.29) is 5.41 Å². The van der Waals surface area contributed by atoms with E-state index in [2.05, 4.69) is 10.6 Å². The number of benzene rings is 1. The van der Waals surface area contributed by atoms with Gasteiger partial charge in [-0.2, -0.15) is 13.2 Å². The van der Waals surface area contributed by atoms with Crippen molar-refractivity contribution >= 4 is 11.7 Å². The molecule has 128 valence electrons.